The lowest BCUT2D eigenvalue weighted by atomic mass is 9.94. The summed E-state index contributed by atoms with van der Waals surface area (Å²) in [5, 5.41) is 4.06. The third kappa shape index (κ3) is 4.98. The molecule has 1 aromatic carbocycles. The van der Waals surface area contributed by atoms with Crippen LogP contribution in [0.1, 0.15) is 64.9 Å². The van der Waals surface area contributed by atoms with Gasteiger partial charge in [-0.3, -0.25) is 9.69 Å². The number of hydrogen-bond donors (Lipinski definition) is 1. The predicted molar refractivity (Wildman–Crippen MR) is 132 cm³/mol. The molecule has 1 aliphatic heterocycles. The lowest BCUT2D eigenvalue weighted by Gasteiger charge is -2.38. The first-order valence-corrected chi connectivity index (χ1v) is 12.3. The van der Waals surface area contributed by atoms with Crippen LogP contribution in [-0.2, 0) is 6.42 Å². The van der Waals surface area contributed by atoms with E-state index in [0.717, 1.165) is 37.6 Å². The van der Waals surface area contributed by atoms with Gasteiger partial charge in [0.15, 0.2) is 5.76 Å². The Hall–Kier alpha value is -2.41. The number of benzene rings is 1. The van der Waals surface area contributed by atoms with Crippen molar-refractivity contribution in [2.75, 3.05) is 38.5 Å². The third-order valence-electron chi connectivity index (χ3n) is 6.25. The highest BCUT2D eigenvalue weighted by Gasteiger charge is 2.29. The maximum atomic E-state index is 12.8. The van der Waals surface area contributed by atoms with Crippen LogP contribution in [0.15, 0.2) is 53.1 Å². The van der Waals surface area contributed by atoms with Crippen LogP contribution in [0.5, 0.6) is 0 Å². The van der Waals surface area contributed by atoms with E-state index < -0.39 is 0 Å². The van der Waals surface area contributed by atoms with E-state index >= 15 is 0 Å². The first-order chi connectivity index (χ1) is 15.5. The second kappa shape index (κ2) is 10.0. The van der Waals surface area contributed by atoms with Crippen LogP contribution < -0.4 is 5.32 Å². The lowest BCUT2D eigenvalue weighted by molar-refractivity contribution is 0.0996. The number of nitrogens with one attached hydrogen (secondary N) is 1. The Morgan fingerprint density at radius 3 is 2.38 bits per heavy atom. The van der Waals surface area contributed by atoms with Crippen LogP contribution in [0.4, 0.5) is 5.00 Å². The van der Waals surface area contributed by atoms with Crippen molar-refractivity contribution in [2.45, 2.75) is 39.2 Å². The number of nitrogens with zero attached hydrogens (tertiary/aromatic N) is 2. The smallest absolute Gasteiger partial charge is 0.291 e. The average Bonchev–Trinajstić information content (AvgIpc) is 3.46. The van der Waals surface area contributed by atoms with E-state index in [1.165, 1.54) is 27.8 Å². The highest BCUT2D eigenvalue weighted by atomic mass is 32.1. The van der Waals surface area contributed by atoms with Gasteiger partial charge >= 0.3 is 0 Å². The molecule has 1 aliphatic rings. The Morgan fingerprint density at radius 2 is 1.78 bits per heavy atom. The standard InChI is InChI=1S/C26H33N3O2S/c1-5-21-17-22(26(32-21)27-25(30)23-7-6-16-31-23)24(29-14-12-28(4)13-15-29)20-10-8-19(9-11-20)18(2)3/h6-11,16-18,24H,5,12-15H2,1-4H3,(H,27,30). The van der Waals surface area contributed by atoms with Crippen LogP contribution in [0.2, 0.25) is 0 Å². The molecular weight excluding hydrogens is 418 g/mol. The number of amides is 1. The first-order valence-electron chi connectivity index (χ1n) is 11.5. The fourth-order valence-electron chi connectivity index (χ4n) is 4.24. The van der Waals surface area contributed by atoms with Gasteiger partial charge in [-0.1, -0.05) is 45.0 Å². The molecule has 1 saturated heterocycles. The van der Waals surface area contributed by atoms with E-state index in [1.807, 2.05) is 0 Å². The molecular formula is C26H33N3O2S. The second-order valence-corrected chi connectivity index (χ2v) is 9.98. The number of thiophene rings is 1. The van der Waals surface area contributed by atoms with Crippen LogP contribution in [0, 0.1) is 0 Å². The Kier molecular flexibility index (Phi) is 7.13. The summed E-state index contributed by atoms with van der Waals surface area (Å²) in [6, 6.07) is 14.8. The van der Waals surface area contributed by atoms with Crippen molar-refractivity contribution in [3.63, 3.8) is 0 Å². The summed E-state index contributed by atoms with van der Waals surface area (Å²) in [6.45, 7) is 10.7. The molecule has 32 heavy (non-hydrogen) atoms. The van der Waals surface area contributed by atoms with Crippen molar-refractivity contribution < 1.29 is 9.21 Å². The molecule has 0 radical (unpaired) electrons. The molecule has 5 nitrogen and oxygen atoms in total. The summed E-state index contributed by atoms with van der Waals surface area (Å²) >= 11 is 1.67. The Balaban J connectivity index is 1.73. The minimum atomic E-state index is -0.201. The van der Waals surface area contributed by atoms with Crippen molar-refractivity contribution in [1.82, 2.24) is 9.80 Å². The predicted octanol–water partition coefficient (Wildman–Crippen LogP) is 5.62. The molecule has 2 aromatic heterocycles. The van der Waals surface area contributed by atoms with E-state index in [1.54, 1.807) is 23.5 Å². The van der Waals surface area contributed by atoms with E-state index in [0.29, 0.717) is 11.7 Å². The number of hydrogen-bond acceptors (Lipinski definition) is 5. The van der Waals surface area contributed by atoms with Gasteiger partial charge < -0.3 is 14.6 Å². The van der Waals surface area contributed by atoms with E-state index in [2.05, 4.69) is 73.3 Å². The number of rotatable bonds is 7. The van der Waals surface area contributed by atoms with Gasteiger partial charge in [0.1, 0.15) is 5.00 Å². The van der Waals surface area contributed by atoms with E-state index in [4.69, 9.17) is 4.42 Å². The van der Waals surface area contributed by atoms with Crippen molar-refractivity contribution in [2.24, 2.45) is 0 Å². The maximum absolute atomic E-state index is 12.8. The number of furan rings is 1. The molecule has 0 bridgehead atoms. The van der Waals surface area contributed by atoms with Gasteiger partial charge in [0.2, 0.25) is 0 Å². The van der Waals surface area contributed by atoms with Gasteiger partial charge in [0, 0.05) is 36.6 Å². The van der Waals surface area contributed by atoms with Gasteiger partial charge in [-0.05, 0) is 48.7 Å². The molecule has 3 heterocycles. The minimum absolute atomic E-state index is 0.105. The minimum Gasteiger partial charge on any atom is -0.459 e. The van der Waals surface area contributed by atoms with Crippen LogP contribution >= 0.6 is 11.3 Å². The van der Waals surface area contributed by atoms with Gasteiger partial charge in [-0.25, -0.2) is 0 Å². The van der Waals surface area contributed by atoms with Gasteiger partial charge in [0.25, 0.3) is 5.91 Å². The zero-order valence-electron chi connectivity index (χ0n) is 19.4. The van der Waals surface area contributed by atoms with Gasteiger partial charge in [0.05, 0.1) is 12.3 Å². The number of anilines is 1. The molecule has 1 amide bonds. The first kappa shape index (κ1) is 22.8. The fraction of sp³-hybridized carbons (Fsp3) is 0.423. The molecule has 1 unspecified atom stereocenters. The summed E-state index contributed by atoms with van der Waals surface area (Å²) < 4.78 is 5.33. The second-order valence-electron chi connectivity index (χ2n) is 8.85. The average molecular weight is 452 g/mol. The quantitative estimate of drug-likeness (QED) is 0.507. The van der Waals surface area contributed by atoms with Crippen LogP contribution in [-0.4, -0.2) is 48.9 Å². The number of carbonyl (C=O) groups excluding carboxylic acids is 1. The van der Waals surface area contributed by atoms with Crippen LogP contribution in [0.3, 0.4) is 0 Å². The molecule has 6 heteroatoms. The summed E-state index contributed by atoms with van der Waals surface area (Å²) in [7, 11) is 2.18. The fourth-order valence-corrected chi connectivity index (χ4v) is 5.26. The summed E-state index contributed by atoms with van der Waals surface area (Å²) in [5.41, 5.74) is 3.79. The monoisotopic (exact) mass is 451 g/mol. The van der Waals surface area contributed by atoms with E-state index in [9.17, 15) is 4.79 Å². The number of likely N-dealkylation sites (N-methyl/N-ethyl adjacent to an activating group) is 1. The zero-order chi connectivity index (χ0) is 22.7. The van der Waals surface area contributed by atoms with Crippen molar-refractivity contribution in [3.05, 3.63) is 76.1 Å². The highest BCUT2D eigenvalue weighted by Crippen LogP contribution is 2.40. The Labute approximate surface area is 195 Å². The molecule has 0 aliphatic carbocycles. The van der Waals surface area contributed by atoms with Crippen molar-refractivity contribution in [1.29, 1.82) is 0 Å². The van der Waals surface area contributed by atoms with Crippen molar-refractivity contribution in [3.8, 4) is 0 Å². The zero-order valence-corrected chi connectivity index (χ0v) is 20.2. The topological polar surface area (TPSA) is 48.7 Å². The molecule has 3 aromatic rings. The molecule has 1 fully saturated rings. The Morgan fingerprint density at radius 1 is 1.09 bits per heavy atom. The molecule has 1 N–H and O–H groups in total. The number of carbonyl (C=O) groups is 1. The summed E-state index contributed by atoms with van der Waals surface area (Å²) in [4.78, 5) is 19.0. The van der Waals surface area contributed by atoms with Gasteiger partial charge in [-0.2, -0.15) is 0 Å². The summed E-state index contributed by atoms with van der Waals surface area (Å²) in [6.07, 6.45) is 2.47. The molecule has 1 atom stereocenters. The van der Waals surface area contributed by atoms with Crippen molar-refractivity contribution >= 4 is 22.2 Å². The largest absolute Gasteiger partial charge is 0.459 e. The third-order valence-corrected chi connectivity index (χ3v) is 7.46. The lowest BCUT2D eigenvalue weighted by Crippen LogP contribution is -2.46. The Bertz CT molecular complexity index is 1020. The molecule has 170 valence electrons. The SMILES string of the molecule is CCc1cc(C(c2ccc(C(C)C)cc2)N2CCN(C)CC2)c(NC(=O)c2ccco2)s1. The highest BCUT2D eigenvalue weighted by molar-refractivity contribution is 7.16. The number of aryl methyl sites for hydroxylation is 1. The normalized spacial score (nSPS) is 16.4. The van der Waals surface area contributed by atoms with E-state index in [-0.39, 0.29) is 11.9 Å². The van der Waals surface area contributed by atoms with Crippen LogP contribution in [0.25, 0.3) is 0 Å². The summed E-state index contributed by atoms with van der Waals surface area (Å²) in [5.74, 6) is 0.634. The molecule has 0 spiro atoms. The molecule has 4 rings (SSSR count). The maximum Gasteiger partial charge on any atom is 0.291 e. The molecule has 0 saturated carbocycles. The number of piperazine rings is 1. The van der Waals surface area contributed by atoms with Gasteiger partial charge in [-0.15, -0.1) is 11.3 Å².